The second-order valence-corrected chi connectivity index (χ2v) is 3.08. The van der Waals surface area contributed by atoms with Gasteiger partial charge < -0.3 is 0 Å². The van der Waals surface area contributed by atoms with Crippen LogP contribution in [0, 0.1) is 0 Å². The van der Waals surface area contributed by atoms with Crippen LogP contribution in [0.15, 0.2) is 28.3 Å². The summed E-state index contributed by atoms with van der Waals surface area (Å²) in [5.41, 5.74) is 1.05. The van der Waals surface area contributed by atoms with Crippen LogP contribution in [0.1, 0.15) is 0 Å². The highest BCUT2D eigenvalue weighted by Gasteiger charge is 2.06. The Morgan fingerprint density at radius 2 is 2.60 bits per heavy atom. The van der Waals surface area contributed by atoms with Gasteiger partial charge in [0, 0.05) is 22.9 Å². The molecule has 50 valence electrons. The van der Waals surface area contributed by atoms with Crippen LogP contribution >= 0.6 is 11.8 Å². The summed E-state index contributed by atoms with van der Waals surface area (Å²) >= 11 is 1.82. The summed E-state index contributed by atoms with van der Waals surface area (Å²) in [6.07, 6.45) is 5.77. The van der Waals surface area contributed by atoms with Crippen LogP contribution in [-0.2, 0) is 0 Å². The summed E-state index contributed by atoms with van der Waals surface area (Å²) in [4.78, 5) is 8.47. The van der Waals surface area contributed by atoms with Gasteiger partial charge in [0.15, 0.2) is 12.4 Å². The Bertz CT molecular complexity index is 270. The Labute approximate surface area is 63.4 Å². The van der Waals surface area contributed by atoms with Crippen LogP contribution in [0.25, 0.3) is 0 Å². The molecular weight excluding hydrogens is 144 g/mol. The second kappa shape index (κ2) is 2.42. The molecule has 1 aromatic rings. The molecule has 3 heteroatoms. The number of H-pyrrole nitrogens is 1. The smallest absolute Gasteiger partial charge is 0.194 e. The van der Waals surface area contributed by atoms with Crippen LogP contribution in [0.2, 0.25) is 0 Å². The van der Waals surface area contributed by atoms with E-state index in [9.17, 15) is 0 Å². The Hall–Kier alpha value is -0.830. The van der Waals surface area contributed by atoms with Crippen LogP contribution in [-0.4, -0.2) is 12.0 Å². The molecule has 1 aliphatic heterocycles. The maximum Gasteiger partial charge on any atom is 0.194 e. The maximum absolute atomic E-state index is 4.22. The van der Waals surface area contributed by atoms with E-state index in [2.05, 4.69) is 16.0 Å². The first-order valence-electron chi connectivity index (χ1n) is 3.12. The van der Waals surface area contributed by atoms with E-state index < -0.39 is 0 Å². The number of aliphatic imine (C=N–C) groups is 1. The lowest BCUT2D eigenvalue weighted by atomic mass is 10.4. The Morgan fingerprint density at radius 3 is 3.50 bits per heavy atom. The van der Waals surface area contributed by atoms with Crippen molar-refractivity contribution in [2.45, 2.75) is 4.90 Å². The largest absolute Gasteiger partial charge is 0.253 e. The highest BCUT2D eigenvalue weighted by atomic mass is 32.2. The first-order valence-corrected chi connectivity index (χ1v) is 4.11. The molecular formula is C7H7N2S+. The van der Waals surface area contributed by atoms with Gasteiger partial charge in [-0.2, -0.15) is 0 Å². The van der Waals surface area contributed by atoms with Crippen molar-refractivity contribution in [3.05, 3.63) is 18.5 Å². The van der Waals surface area contributed by atoms with Crippen molar-refractivity contribution >= 4 is 23.7 Å². The zero-order valence-corrected chi connectivity index (χ0v) is 6.19. The predicted molar refractivity (Wildman–Crippen MR) is 41.9 cm³/mol. The van der Waals surface area contributed by atoms with Crippen LogP contribution in [0.3, 0.4) is 0 Å². The van der Waals surface area contributed by atoms with Crippen molar-refractivity contribution < 1.29 is 4.98 Å². The Morgan fingerprint density at radius 1 is 1.60 bits per heavy atom. The fraction of sp³-hybridized carbons (Fsp3) is 0.143. The third kappa shape index (κ3) is 0.926. The van der Waals surface area contributed by atoms with Crippen LogP contribution in [0.4, 0.5) is 5.69 Å². The van der Waals surface area contributed by atoms with Crippen molar-refractivity contribution in [1.82, 2.24) is 0 Å². The average Bonchev–Trinajstić information content (AvgIpc) is 2.05. The summed E-state index contributed by atoms with van der Waals surface area (Å²) in [5, 5.41) is 0. The average molecular weight is 151 g/mol. The number of aromatic amines is 1. The molecule has 0 aromatic carbocycles. The molecule has 0 saturated carbocycles. The first-order chi connectivity index (χ1) is 4.97. The quantitative estimate of drug-likeness (QED) is 0.549. The lowest BCUT2D eigenvalue weighted by Gasteiger charge is -2.03. The first kappa shape index (κ1) is 5.92. The molecule has 0 fully saturated rings. The van der Waals surface area contributed by atoms with Crippen molar-refractivity contribution in [3.63, 3.8) is 0 Å². The molecule has 0 amide bonds. The Kier molecular flexibility index (Phi) is 1.43. The zero-order valence-electron chi connectivity index (χ0n) is 5.37. The van der Waals surface area contributed by atoms with Gasteiger partial charge in [0.25, 0.3) is 0 Å². The lowest BCUT2D eigenvalue weighted by Crippen LogP contribution is -2.00. The van der Waals surface area contributed by atoms with Crippen molar-refractivity contribution in [2.24, 2.45) is 4.99 Å². The number of nitrogens with one attached hydrogen (secondary N) is 1. The van der Waals surface area contributed by atoms with Crippen LogP contribution < -0.4 is 4.98 Å². The molecule has 0 radical (unpaired) electrons. The van der Waals surface area contributed by atoms with Crippen molar-refractivity contribution in [2.75, 3.05) is 5.75 Å². The molecule has 1 aromatic heterocycles. The molecule has 0 atom stereocenters. The van der Waals surface area contributed by atoms with E-state index in [-0.39, 0.29) is 0 Å². The van der Waals surface area contributed by atoms with Gasteiger partial charge in [0.2, 0.25) is 0 Å². The minimum atomic E-state index is 0.997. The highest BCUT2D eigenvalue weighted by Crippen LogP contribution is 2.29. The van der Waals surface area contributed by atoms with Gasteiger partial charge in [0.05, 0.1) is 0 Å². The summed E-state index contributed by atoms with van der Waals surface area (Å²) in [6.45, 7) is 0. The van der Waals surface area contributed by atoms with E-state index in [1.54, 1.807) is 0 Å². The van der Waals surface area contributed by atoms with Gasteiger partial charge in [-0.15, -0.1) is 11.8 Å². The van der Waals surface area contributed by atoms with E-state index in [1.807, 2.05) is 30.4 Å². The van der Waals surface area contributed by atoms with E-state index in [4.69, 9.17) is 0 Å². The van der Waals surface area contributed by atoms with E-state index >= 15 is 0 Å². The third-order valence-corrected chi connectivity index (χ3v) is 2.32. The van der Waals surface area contributed by atoms with E-state index in [0.717, 1.165) is 11.4 Å². The molecule has 0 aliphatic carbocycles. The standard InChI is InChI=1S/C7H6N2S/c1-2-8-5-6-7(1)10-4-3-9-6/h1-3,5H,4H2/p+1. The predicted octanol–water partition coefficient (Wildman–Crippen LogP) is 1.31. The zero-order chi connectivity index (χ0) is 6.81. The van der Waals surface area contributed by atoms with E-state index in [1.165, 1.54) is 4.90 Å². The van der Waals surface area contributed by atoms with Gasteiger partial charge >= 0.3 is 0 Å². The number of hydrogen-bond donors (Lipinski definition) is 0. The van der Waals surface area contributed by atoms with Crippen LogP contribution in [0.5, 0.6) is 0 Å². The third-order valence-electron chi connectivity index (χ3n) is 1.35. The normalized spacial score (nSPS) is 14.8. The van der Waals surface area contributed by atoms with Gasteiger partial charge in [0.1, 0.15) is 5.69 Å². The molecule has 0 spiro atoms. The lowest BCUT2D eigenvalue weighted by molar-refractivity contribution is -0.377. The second-order valence-electron chi connectivity index (χ2n) is 2.02. The minimum Gasteiger partial charge on any atom is -0.253 e. The highest BCUT2D eigenvalue weighted by molar-refractivity contribution is 8.00. The summed E-state index contributed by atoms with van der Waals surface area (Å²) < 4.78 is 0. The summed E-state index contributed by atoms with van der Waals surface area (Å²) in [5.74, 6) is 0.997. The molecule has 0 unspecified atom stereocenters. The molecule has 2 heterocycles. The molecule has 10 heavy (non-hydrogen) atoms. The number of aromatic nitrogens is 1. The topological polar surface area (TPSA) is 26.5 Å². The number of hydrogen-bond acceptors (Lipinski definition) is 2. The molecule has 0 saturated heterocycles. The van der Waals surface area contributed by atoms with Gasteiger partial charge in [-0.3, -0.25) is 4.99 Å². The van der Waals surface area contributed by atoms with Crippen molar-refractivity contribution in [3.8, 4) is 0 Å². The molecule has 0 bridgehead atoms. The molecule has 1 aliphatic rings. The van der Waals surface area contributed by atoms with Crippen molar-refractivity contribution in [1.29, 1.82) is 0 Å². The Balaban J connectivity index is 2.54. The monoisotopic (exact) mass is 151 g/mol. The maximum atomic E-state index is 4.22. The fourth-order valence-electron chi connectivity index (χ4n) is 0.893. The number of fused-ring (bicyclic) bond motifs is 1. The van der Waals surface area contributed by atoms with E-state index in [0.29, 0.717) is 0 Å². The molecule has 2 rings (SSSR count). The van der Waals surface area contributed by atoms with Gasteiger partial charge in [-0.05, 0) is 0 Å². The molecule has 2 nitrogen and oxygen atoms in total. The van der Waals surface area contributed by atoms with Gasteiger partial charge in [-0.1, -0.05) is 0 Å². The molecule has 1 N–H and O–H groups in total. The number of nitrogens with zero attached hydrogens (tertiary/aromatic N) is 1. The van der Waals surface area contributed by atoms with Gasteiger partial charge in [-0.25, -0.2) is 4.98 Å². The number of rotatable bonds is 0. The number of pyridine rings is 1. The summed E-state index contributed by atoms with van der Waals surface area (Å²) in [7, 11) is 0. The SMILES string of the molecule is C1=Nc2c[nH+]ccc2SC1. The minimum absolute atomic E-state index is 0.997. The fourth-order valence-corrected chi connectivity index (χ4v) is 1.65. The summed E-state index contributed by atoms with van der Waals surface area (Å²) in [6, 6.07) is 2.05. The number of thioether (sulfide) groups is 1.